The van der Waals surface area contributed by atoms with Gasteiger partial charge in [-0.2, -0.15) is 11.8 Å². The van der Waals surface area contributed by atoms with Crippen molar-refractivity contribution in [3.8, 4) is 0 Å². The standard InChI is InChI=1S/C17H32N2O2S/c1-16(2,3)21-15(20)19-9-6-13(7-10-19)18-14-12-22-11-8-17(14,4)5/h13-14,18H,6-12H2,1-5H3. The van der Waals surface area contributed by atoms with Gasteiger partial charge in [0.2, 0.25) is 0 Å². The minimum atomic E-state index is -0.407. The van der Waals surface area contributed by atoms with Gasteiger partial charge in [-0.15, -0.1) is 0 Å². The van der Waals surface area contributed by atoms with E-state index in [1.807, 2.05) is 25.7 Å². The summed E-state index contributed by atoms with van der Waals surface area (Å²) >= 11 is 2.06. The zero-order valence-electron chi connectivity index (χ0n) is 14.8. The Morgan fingerprint density at radius 3 is 2.45 bits per heavy atom. The van der Waals surface area contributed by atoms with Gasteiger partial charge in [-0.25, -0.2) is 4.79 Å². The van der Waals surface area contributed by atoms with Crippen LogP contribution in [0.25, 0.3) is 0 Å². The highest BCUT2D eigenvalue weighted by Gasteiger charge is 2.35. The second-order valence-electron chi connectivity index (χ2n) is 8.27. The van der Waals surface area contributed by atoms with Crippen LogP contribution in [0, 0.1) is 5.41 Å². The van der Waals surface area contributed by atoms with E-state index in [2.05, 4.69) is 30.9 Å². The molecule has 0 saturated carbocycles. The molecule has 0 aromatic heterocycles. The molecule has 2 aliphatic rings. The third kappa shape index (κ3) is 5.05. The van der Waals surface area contributed by atoms with Crippen LogP contribution in [0.15, 0.2) is 0 Å². The van der Waals surface area contributed by atoms with Gasteiger partial charge in [0.25, 0.3) is 0 Å². The van der Waals surface area contributed by atoms with Gasteiger partial charge < -0.3 is 15.0 Å². The van der Waals surface area contributed by atoms with Gasteiger partial charge >= 0.3 is 6.09 Å². The Labute approximate surface area is 139 Å². The van der Waals surface area contributed by atoms with E-state index < -0.39 is 5.60 Å². The van der Waals surface area contributed by atoms with Crippen LogP contribution in [0.4, 0.5) is 4.79 Å². The van der Waals surface area contributed by atoms with Crippen LogP contribution in [-0.4, -0.2) is 53.3 Å². The van der Waals surface area contributed by atoms with Gasteiger partial charge in [0.05, 0.1) is 0 Å². The van der Waals surface area contributed by atoms with Gasteiger partial charge in [0.1, 0.15) is 5.60 Å². The normalized spacial score (nSPS) is 26.8. The highest BCUT2D eigenvalue weighted by Crippen LogP contribution is 2.34. The summed E-state index contributed by atoms with van der Waals surface area (Å²) < 4.78 is 5.46. The molecule has 2 heterocycles. The minimum Gasteiger partial charge on any atom is -0.444 e. The number of nitrogens with zero attached hydrogens (tertiary/aromatic N) is 1. The summed E-state index contributed by atoms with van der Waals surface area (Å²) in [5.74, 6) is 2.49. The Balaban J connectivity index is 1.78. The van der Waals surface area contributed by atoms with Crippen molar-refractivity contribution in [2.24, 2.45) is 5.41 Å². The number of amides is 1. The van der Waals surface area contributed by atoms with Crippen molar-refractivity contribution in [2.45, 2.75) is 71.6 Å². The zero-order valence-corrected chi connectivity index (χ0v) is 15.6. The Bertz CT molecular complexity index is 385. The molecule has 1 unspecified atom stereocenters. The van der Waals surface area contributed by atoms with Crippen LogP contribution in [0.3, 0.4) is 0 Å². The molecule has 2 rings (SSSR count). The topological polar surface area (TPSA) is 41.6 Å². The van der Waals surface area contributed by atoms with Crippen molar-refractivity contribution in [3.05, 3.63) is 0 Å². The van der Waals surface area contributed by atoms with Gasteiger partial charge in [-0.1, -0.05) is 13.8 Å². The Hall–Kier alpha value is -0.420. The predicted molar refractivity (Wildman–Crippen MR) is 93.5 cm³/mol. The van der Waals surface area contributed by atoms with Gasteiger partial charge in [0.15, 0.2) is 0 Å². The number of carbonyl (C=O) groups is 1. The highest BCUT2D eigenvalue weighted by molar-refractivity contribution is 7.99. The fourth-order valence-corrected chi connectivity index (χ4v) is 4.67. The molecule has 2 saturated heterocycles. The second-order valence-corrected chi connectivity index (χ2v) is 9.42. The first kappa shape index (κ1) is 17.9. The Kier molecular flexibility index (Phi) is 5.70. The van der Waals surface area contributed by atoms with Crippen molar-refractivity contribution >= 4 is 17.9 Å². The number of carbonyl (C=O) groups excluding carboxylic acids is 1. The fraction of sp³-hybridized carbons (Fsp3) is 0.941. The number of nitrogens with one attached hydrogen (secondary N) is 1. The van der Waals surface area contributed by atoms with Crippen LogP contribution in [-0.2, 0) is 4.74 Å². The van der Waals surface area contributed by atoms with E-state index >= 15 is 0 Å². The lowest BCUT2D eigenvalue weighted by Crippen LogP contribution is -2.54. The number of likely N-dealkylation sites (tertiary alicyclic amines) is 1. The predicted octanol–water partition coefficient (Wildman–Crippen LogP) is 3.51. The molecule has 0 spiro atoms. The summed E-state index contributed by atoms with van der Waals surface area (Å²) in [5, 5.41) is 3.86. The minimum absolute atomic E-state index is 0.167. The lowest BCUT2D eigenvalue weighted by Gasteiger charge is -2.42. The number of ether oxygens (including phenoxy) is 1. The lowest BCUT2D eigenvalue weighted by molar-refractivity contribution is 0.0191. The fourth-order valence-electron chi connectivity index (χ4n) is 3.05. The SMILES string of the molecule is CC(C)(C)OC(=O)N1CCC(NC2CSCCC2(C)C)CC1. The lowest BCUT2D eigenvalue weighted by atomic mass is 9.81. The molecule has 0 aromatic carbocycles. The molecule has 2 aliphatic heterocycles. The van der Waals surface area contributed by atoms with Crippen molar-refractivity contribution in [1.82, 2.24) is 10.2 Å². The number of piperidine rings is 1. The molecule has 0 bridgehead atoms. The number of thioether (sulfide) groups is 1. The summed E-state index contributed by atoms with van der Waals surface area (Å²) in [6.07, 6.45) is 3.17. The smallest absolute Gasteiger partial charge is 0.410 e. The summed E-state index contributed by atoms with van der Waals surface area (Å²) in [5.41, 5.74) is -0.0247. The van der Waals surface area contributed by atoms with Crippen LogP contribution < -0.4 is 5.32 Å². The van der Waals surface area contributed by atoms with Crippen LogP contribution in [0.1, 0.15) is 53.9 Å². The summed E-state index contributed by atoms with van der Waals surface area (Å²) in [6, 6.07) is 1.12. The van der Waals surface area contributed by atoms with Crippen LogP contribution >= 0.6 is 11.8 Å². The molecule has 1 atom stereocenters. The summed E-state index contributed by atoms with van der Waals surface area (Å²) in [4.78, 5) is 13.9. The van der Waals surface area contributed by atoms with Gasteiger partial charge in [0, 0.05) is 30.9 Å². The zero-order chi connectivity index (χ0) is 16.4. The summed E-state index contributed by atoms with van der Waals surface area (Å²) in [7, 11) is 0. The number of hydrogen-bond donors (Lipinski definition) is 1. The Morgan fingerprint density at radius 2 is 1.91 bits per heavy atom. The molecule has 0 aliphatic carbocycles. The largest absolute Gasteiger partial charge is 0.444 e. The highest BCUT2D eigenvalue weighted by atomic mass is 32.2. The molecule has 128 valence electrons. The van der Waals surface area contributed by atoms with E-state index in [9.17, 15) is 4.79 Å². The molecule has 4 nitrogen and oxygen atoms in total. The van der Waals surface area contributed by atoms with Crippen molar-refractivity contribution in [3.63, 3.8) is 0 Å². The molecule has 0 aromatic rings. The first-order valence-corrected chi connectivity index (χ1v) is 9.64. The third-order valence-electron chi connectivity index (χ3n) is 4.70. The van der Waals surface area contributed by atoms with E-state index in [-0.39, 0.29) is 6.09 Å². The maximum Gasteiger partial charge on any atom is 0.410 e. The van der Waals surface area contributed by atoms with Crippen molar-refractivity contribution in [1.29, 1.82) is 0 Å². The molecule has 5 heteroatoms. The quantitative estimate of drug-likeness (QED) is 0.842. The number of rotatable bonds is 2. The van der Waals surface area contributed by atoms with E-state index in [4.69, 9.17) is 4.74 Å². The van der Waals surface area contributed by atoms with Crippen molar-refractivity contribution in [2.75, 3.05) is 24.6 Å². The van der Waals surface area contributed by atoms with Gasteiger partial charge in [-0.05, 0) is 51.2 Å². The van der Waals surface area contributed by atoms with E-state index in [1.165, 1.54) is 17.9 Å². The maximum atomic E-state index is 12.1. The molecule has 22 heavy (non-hydrogen) atoms. The third-order valence-corrected chi connectivity index (χ3v) is 5.76. The first-order valence-electron chi connectivity index (χ1n) is 8.49. The Morgan fingerprint density at radius 1 is 1.27 bits per heavy atom. The van der Waals surface area contributed by atoms with E-state index in [1.54, 1.807) is 0 Å². The summed E-state index contributed by atoms with van der Waals surface area (Å²) in [6.45, 7) is 12.1. The van der Waals surface area contributed by atoms with Crippen LogP contribution in [0.5, 0.6) is 0 Å². The monoisotopic (exact) mass is 328 g/mol. The molecular weight excluding hydrogens is 296 g/mol. The maximum absolute atomic E-state index is 12.1. The first-order chi connectivity index (χ1) is 10.2. The molecule has 1 N–H and O–H groups in total. The molecule has 0 radical (unpaired) electrons. The molecule has 2 fully saturated rings. The average Bonchev–Trinajstić information content (AvgIpc) is 2.40. The van der Waals surface area contributed by atoms with E-state index in [0.717, 1.165) is 25.9 Å². The average molecular weight is 329 g/mol. The molecule has 1 amide bonds. The second kappa shape index (κ2) is 7.00. The van der Waals surface area contributed by atoms with Gasteiger partial charge in [-0.3, -0.25) is 0 Å². The van der Waals surface area contributed by atoms with E-state index in [0.29, 0.717) is 17.5 Å². The molecular formula is C17H32N2O2S. The number of hydrogen-bond acceptors (Lipinski definition) is 4. The van der Waals surface area contributed by atoms with Crippen LogP contribution in [0.2, 0.25) is 0 Å². The van der Waals surface area contributed by atoms with Crippen molar-refractivity contribution < 1.29 is 9.53 Å².